The molecule has 2 aliphatic heterocycles. The zero-order valence-electron chi connectivity index (χ0n) is 19.1. The van der Waals surface area contributed by atoms with E-state index in [2.05, 4.69) is 17.1 Å². The molecule has 1 saturated heterocycles. The van der Waals surface area contributed by atoms with Crippen LogP contribution in [0.3, 0.4) is 0 Å². The van der Waals surface area contributed by atoms with Crippen LogP contribution in [0.1, 0.15) is 18.4 Å². The number of ether oxygens (including phenoxy) is 1. The average Bonchev–Trinajstić information content (AvgIpc) is 3.56. The predicted octanol–water partition coefficient (Wildman–Crippen LogP) is 3.38. The van der Waals surface area contributed by atoms with Crippen molar-refractivity contribution >= 4 is 17.3 Å². The van der Waals surface area contributed by atoms with Gasteiger partial charge >= 0.3 is 0 Å². The Morgan fingerprint density at radius 1 is 1.06 bits per heavy atom. The molecule has 7 nitrogen and oxygen atoms in total. The molecule has 2 N–H and O–H groups in total. The molecule has 1 atom stereocenters. The van der Waals surface area contributed by atoms with E-state index in [9.17, 15) is 4.79 Å². The molecule has 0 radical (unpaired) electrons. The number of carbonyl (C=O) groups is 1. The Morgan fingerprint density at radius 2 is 1.82 bits per heavy atom. The molecular formula is C27H29N5O2. The van der Waals surface area contributed by atoms with E-state index >= 15 is 0 Å². The maximum Gasteiger partial charge on any atom is 0.258 e. The van der Waals surface area contributed by atoms with Gasteiger partial charge in [-0.2, -0.15) is 5.10 Å². The minimum absolute atomic E-state index is 0.0414. The largest absolute Gasteiger partial charge is 0.398 e. The quantitative estimate of drug-likeness (QED) is 0.578. The summed E-state index contributed by atoms with van der Waals surface area (Å²) < 4.78 is 7.56. The number of hydrogen-bond acceptors (Lipinski definition) is 5. The van der Waals surface area contributed by atoms with Crippen molar-refractivity contribution in [1.29, 1.82) is 0 Å². The standard InChI is InChI=1S/C27H29N5O2/c28-26(21-10-5-2-6-11-21)25(24-19-34-17-14-29-24)27(33)32-15-7-12-22(32)18-31-16-13-23(30-31)20-8-3-1-4-9-20/h1-6,8-11,13,16,22H,7,12,14-15,17-19,28H2/b26-25+/t22-/m0/s1. The number of aromatic nitrogens is 2. The minimum atomic E-state index is -0.0801. The normalized spacial score (nSPS) is 19.0. The lowest BCUT2D eigenvalue weighted by molar-refractivity contribution is -0.127. The van der Waals surface area contributed by atoms with E-state index in [1.165, 1.54) is 0 Å². The molecule has 2 aromatic carbocycles. The van der Waals surface area contributed by atoms with Gasteiger partial charge in [-0.05, 0) is 24.5 Å². The number of carbonyl (C=O) groups excluding carboxylic acids is 1. The van der Waals surface area contributed by atoms with E-state index in [-0.39, 0.29) is 11.9 Å². The number of hydrogen-bond donors (Lipinski definition) is 1. The fourth-order valence-electron chi connectivity index (χ4n) is 4.65. The highest BCUT2D eigenvalue weighted by Gasteiger charge is 2.34. The molecule has 7 heteroatoms. The van der Waals surface area contributed by atoms with Gasteiger partial charge in [-0.15, -0.1) is 0 Å². The van der Waals surface area contributed by atoms with Crippen molar-refractivity contribution in [2.24, 2.45) is 10.7 Å². The van der Waals surface area contributed by atoms with E-state index in [1.54, 1.807) is 0 Å². The van der Waals surface area contributed by atoms with Gasteiger partial charge in [0.25, 0.3) is 5.91 Å². The minimum Gasteiger partial charge on any atom is -0.398 e. The third kappa shape index (κ3) is 4.65. The highest BCUT2D eigenvalue weighted by Crippen LogP contribution is 2.26. The van der Waals surface area contributed by atoms with Crippen LogP contribution in [0.2, 0.25) is 0 Å². The monoisotopic (exact) mass is 455 g/mol. The fourth-order valence-corrected chi connectivity index (χ4v) is 4.65. The molecule has 0 aliphatic carbocycles. The molecule has 0 spiro atoms. The number of nitrogens with two attached hydrogens (primary N) is 1. The van der Waals surface area contributed by atoms with Gasteiger partial charge in [0.05, 0.1) is 55.0 Å². The van der Waals surface area contributed by atoms with Crippen LogP contribution in [0.4, 0.5) is 0 Å². The van der Waals surface area contributed by atoms with Crippen LogP contribution < -0.4 is 5.73 Å². The number of likely N-dealkylation sites (tertiary alicyclic amines) is 1. The summed E-state index contributed by atoms with van der Waals surface area (Å²) in [5.41, 5.74) is 11.0. The Bertz CT molecular complexity index is 1200. The summed E-state index contributed by atoms with van der Waals surface area (Å²) in [4.78, 5) is 20.4. The SMILES string of the molecule is N/C(=C(/C(=O)N1CCC[C@H]1Cn1ccc(-c2ccccc2)n1)C1=NCCOC1)c1ccccc1. The highest BCUT2D eigenvalue weighted by atomic mass is 16.5. The van der Waals surface area contributed by atoms with Gasteiger partial charge < -0.3 is 15.4 Å². The Hall–Kier alpha value is -3.71. The second kappa shape index (κ2) is 10.1. The summed E-state index contributed by atoms with van der Waals surface area (Å²) >= 11 is 0. The van der Waals surface area contributed by atoms with Gasteiger partial charge in [0.2, 0.25) is 0 Å². The summed E-state index contributed by atoms with van der Waals surface area (Å²) in [6.45, 7) is 2.72. The lowest BCUT2D eigenvalue weighted by Crippen LogP contribution is -2.42. The van der Waals surface area contributed by atoms with Gasteiger partial charge in [0.1, 0.15) is 0 Å². The van der Waals surface area contributed by atoms with Crippen molar-refractivity contribution in [3.8, 4) is 11.3 Å². The zero-order valence-corrected chi connectivity index (χ0v) is 19.1. The average molecular weight is 456 g/mol. The smallest absolute Gasteiger partial charge is 0.258 e. The third-order valence-corrected chi connectivity index (χ3v) is 6.38. The van der Waals surface area contributed by atoms with Crippen LogP contribution in [0.25, 0.3) is 17.0 Å². The van der Waals surface area contributed by atoms with E-state index in [0.29, 0.717) is 49.8 Å². The first-order valence-corrected chi connectivity index (χ1v) is 11.8. The van der Waals surface area contributed by atoms with E-state index in [0.717, 1.165) is 29.7 Å². The Labute approximate surface area is 199 Å². The Balaban J connectivity index is 1.41. The fraction of sp³-hybridized carbons (Fsp3) is 0.296. The maximum absolute atomic E-state index is 13.9. The van der Waals surface area contributed by atoms with Crippen molar-refractivity contribution in [2.75, 3.05) is 26.3 Å². The van der Waals surface area contributed by atoms with Crippen LogP contribution in [-0.2, 0) is 16.1 Å². The zero-order chi connectivity index (χ0) is 23.3. The summed E-state index contributed by atoms with van der Waals surface area (Å²) in [7, 11) is 0. The number of nitrogens with zero attached hydrogens (tertiary/aromatic N) is 4. The molecule has 0 bridgehead atoms. The molecule has 3 aromatic rings. The van der Waals surface area contributed by atoms with Crippen LogP contribution >= 0.6 is 0 Å². The lowest BCUT2D eigenvalue weighted by Gasteiger charge is -2.28. The van der Waals surface area contributed by atoms with Crippen molar-refractivity contribution in [3.63, 3.8) is 0 Å². The first kappa shape index (κ1) is 22.1. The lowest BCUT2D eigenvalue weighted by atomic mass is 10.0. The molecule has 2 aliphatic rings. The van der Waals surface area contributed by atoms with E-state index in [1.807, 2.05) is 70.4 Å². The van der Waals surface area contributed by atoms with Crippen molar-refractivity contribution in [1.82, 2.24) is 14.7 Å². The van der Waals surface area contributed by atoms with Gasteiger partial charge in [0, 0.05) is 18.3 Å². The van der Waals surface area contributed by atoms with E-state index in [4.69, 9.17) is 15.6 Å². The van der Waals surface area contributed by atoms with Crippen LogP contribution in [0, 0.1) is 0 Å². The molecule has 1 fully saturated rings. The Kier molecular flexibility index (Phi) is 6.53. The molecule has 1 aromatic heterocycles. The topological polar surface area (TPSA) is 85.7 Å². The van der Waals surface area contributed by atoms with Gasteiger partial charge in [-0.3, -0.25) is 14.5 Å². The summed E-state index contributed by atoms with van der Waals surface area (Å²) in [5, 5.41) is 4.75. The molecule has 5 rings (SSSR count). The van der Waals surface area contributed by atoms with Crippen LogP contribution in [0.15, 0.2) is 83.5 Å². The molecule has 174 valence electrons. The van der Waals surface area contributed by atoms with Crippen molar-refractivity contribution in [3.05, 3.63) is 84.1 Å². The van der Waals surface area contributed by atoms with Crippen LogP contribution in [-0.4, -0.2) is 58.6 Å². The molecule has 3 heterocycles. The van der Waals surface area contributed by atoms with Crippen LogP contribution in [0.5, 0.6) is 0 Å². The molecular weight excluding hydrogens is 426 g/mol. The summed E-state index contributed by atoms with van der Waals surface area (Å²) in [6.07, 6.45) is 3.86. The van der Waals surface area contributed by atoms with Gasteiger partial charge in [-0.25, -0.2) is 0 Å². The first-order valence-electron chi connectivity index (χ1n) is 11.8. The number of benzene rings is 2. The number of rotatable bonds is 6. The highest BCUT2D eigenvalue weighted by molar-refractivity contribution is 6.26. The Morgan fingerprint density at radius 3 is 2.56 bits per heavy atom. The second-order valence-electron chi connectivity index (χ2n) is 8.62. The number of aliphatic imine (C=N–C) groups is 1. The van der Waals surface area contributed by atoms with E-state index < -0.39 is 0 Å². The number of amides is 1. The van der Waals surface area contributed by atoms with Crippen molar-refractivity contribution < 1.29 is 9.53 Å². The summed E-state index contributed by atoms with van der Waals surface area (Å²) in [6, 6.07) is 21.8. The predicted molar refractivity (Wildman–Crippen MR) is 133 cm³/mol. The molecule has 1 amide bonds. The van der Waals surface area contributed by atoms with Gasteiger partial charge in [0.15, 0.2) is 0 Å². The second-order valence-corrected chi connectivity index (χ2v) is 8.62. The molecule has 0 saturated carbocycles. The van der Waals surface area contributed by atoms with Crippen molar-refractivity contribution in [2.45, 2.75) is 25.4 Å². The molecule has 34 heavy (non-hydrogen) atoms. The summed E-state index contributed by atoms with van der Waals surface area (Å²) in [5.74, 6) is -0.0801. The first-order chi connectivity index (χ1) is 16.7. The molecule has 0 unspecified atom stereocenters. The van der Waals surface area contributed by atoms with Gasteiger partial charge in [-0.1, -0.05) is 60.7 Å². The maximum atomic E-state index is 13.9. The third-order valence-electron chi connectivity index (χ3n) is 6.38.